The van der Waals surface area contributed by atoms with Gasteiger partial charge in [0.1, 0.15) is 18.1 Å². The standard InChI is InChI=1S/C18H22NO2S/c1-13-8-7-9-15-14(10-11-22(5)6)12-19(16(13)15)17(20)21-18(2,3)4/h7-9,12H,1-6H3/q+1. The predicted octanol–water partition coefficient (Wildman–Crippen LogP) is 3.92. The predicted molar refractivity (Wildman–Crippen MR) is 94.4 cm³/mol. The summed E-state index contributed by atoms with van der Waals surface area (Å²) < 4.78 is 7.08. The number of nitrogens with zero attached hydrogens (tertiary/aromatic N) is 1. The quantitative estimate of drug-likeness (QED) is 0.545. The Morgan fingerprint density at radius 1 is 1.27 bits per heavy atom. The van der Waals surface area contributed by atoms with Gasteiger partial charge in [-0.3, -0.25) is 4.57 Å². The molecular weight excluding hydrogens is 294 g/mol. The second-order valence-corrected chi connectivity index (χ2v) is 8.24. The summed E-state index contributed by atoms with van der Waals surface area (Å²) in [5.41, 5.74) is 2.24. The lowest BCUT2D eigenvalue weighted by Gasteiger charge is -2.20. The number of aryl methyl sites for hydroxylation is 1. The van der Waals surface area contributed by atoms with E-state index in [9.17, 15) is 4.79 Å². The lowest BCUT2D eigenvalue weighted by Crippen LogP contribution is -2.26. The molecule has 0 atom stereocenters. The topological polar surface area (TPSA) is 31.2 Å². The molecule has 0 spiro atoms. The van der Waals surface area contributed by atoms with Crippen molar-refractivity contribution in [2.45, 2.75) is 33.3 Å². The van der Waals surface area contributed by atoms with Crippen LogP contribution in [0.15, 0.2) is 24.4 Å². The third-order valence-corrected chi connectivity index (χ3v) is 3.52. The number of hydrogen-bond acceptors (Lipinski definition) is 2. The molecular formula is C18H22NO2S+. The molecule has 116 valence electrons. The summed E-state index contributed by atoms with van der Waals surface area (Å²) in [4.78, 5) is 12.5. The van der Waals surface area contributed by atoms with Crippen LogP contribution < -0.4 is 0 Å². The van der Waals surface area contributed by atoms with Gasteiger partial charge in [-0.05, 0) is 39.2 Å². The maximum absolute atomic E-state index is 12.5. The van der Waals surface area contributed by atoms with Crippen molar-refractivity contribution < 1.29 is 9.53 Å². The van der Waals surface area contributed by atoms with E-state index in [-0.39, 0.29) is 17.0 Å². The first-order valence-corrected chi connectivity index (χ1v) is 9.16. The fourth-order valence-corrected chi connectivity index (χ4v) is 2.49. The largest absolute Gasteiger partial charge is 0.443 e. The van der Waals surface area contributed by atoms with Crippen LogP contribution in [0.25, 0.3) is 10.9 Å². The number of fused-ring (bicyclic) bond motifs is 1. The minimum atomic E-state index is -0.526. The van der Waals surface area contributed by atoms with Crippen LogP contribution in [-0.4, -0.2) is 28.8 Å². The fraction of sp³-hybridized carbons (Fsp3) is 0.389. The molecule has 0 aliphatic rings. The Morgan fingerprint density at radius 3 is 2.55 bits per heavy atom. The molecule has 3 nitrogen and oxygen atoms in total. The highest BCUT2D eigenvalue weighted by Gasteiger charge is 2.21. The number of carbonyl (C=O) groups is 1. The normalized spacial score (nSPS) is 11.4. The number of aromatic nitrogens is 1. The molecule has 0 fully saturated rings. The van der Waals surface area contributed by atoms with Gasteiger partial charge in [-0.15, -0.1) is 0 Å². The Kier molecular flexibility index (Phi) is 4.58. The van der Waals surface area contributed by atoms with Crippen LogP contribution in [0.3, 0.4) is 0 Å². The molecule has 0 bridgehead atoms. The second-order valence-electron chi connectivity index (χ2n) is 6.41. The SMILES string of the molecule is Cc1cccc2c(C#C[S+](C)C)cn(C(=O)OC(C)(C)C)c12. The van der Waals surface area contributed by atoms with Crippen molar-refractivity contribution in [1.29, 1.82) is 0 Å². The van der Waals surface area contributed by atoms with Crippen molar-refractivity contribution in [2.24, 2.45) is 0 Å². The minimum absolute atomic E-state index is 0.0318. The van der Waals surface area contributed by atoms with Gasteiger partial charge in [-0.1, -0.05) is 18.2 Å². The van der Waals surface area contributed by atoms with E-state index in [1.807, 2.05) is 45.9 Å². The summed E-state index contributed by atoms with van der Waals surface area (Å²) in [5, 5.41) is 4.18. The van der Waals surface area contributed by atoms with Gasteiger partial charge in [-0.25, -0.2) is 4.79 Å². The number of hydrogen-bond donors (Lipinski definition) is 0. The number of para-hydroxylation sites is 1. The summed E-state index contributed by atoms with van der Waals surface area (Å²) in [6.45, 7) is 7.59. The van der Waals surface area contributed by atoms with Crippen LogP contribution in [0.1, 0.15) is 31.9 Å². The molecule has 0 saturated heterocycles. The van der Waals surface area contributed by atoms with Gasteiger partial charge in [0.25, 0.3) is 0 Å². The van der Waals surface area contributed by atoms with Gasteiger partial charge in [0.05, 0.1) is 22.0 Å². The van der Waals surface area contributed by atoms with E-state index >= 15 is 0 Å². The summed E-state index contributed by atoms with van der Waals surface area (Å²) in [7, 11) is 0.0318. The first-order valence-electron chi connectivity index (χ1n) is 7.12. The van der Waals surface area contributed by atoms with Crippen molar-refractivity contribution in [3.05, 3.63) is 35.5 Å². The zero-order chi connectivity index (χ0) is 16.5. The maximum Gasteiger partial charge on any atom is 0.419 e. The lowest BCUT2D eigenvalue weighted by molar-refractivity contribution is 0.0544. The van der Waals surface area contributed by atoms with Crippen molar-refractivity contribution >= 4 is 27.9 Å². The molecule has 2 aromatic rings. The zero-order valence-corrected chi connectivity index (χ0v) is 14.8. The maximum atomic E-state index is 12.5. The Labute approximate surface area is 135 Å². The highest BCUT2D eigenvalue weighted by atomic mass is 32.2. The smallest absolute Gasteiger partial charge is 0.419 e. The van der Waals surface area contributed by atoms with Crippen LogP contribution in [0, 0.1) is 18.1 Å². The van der Waals surface area contributed by atoms with Crippen molar-refractivity contribution in [1.82, 2.24) is 4.57 Å². The Bertz CT molecular complexity index is 770. The summed E-state index contributed by atoms with van der Waals surface area (Å²) in [6.07, 6.45) is 5.56. The second kappa shape index (κ2) is 6.10. The van der Waals surface area contributed by atoms with Crippen molar-refractivity contribution in [3.8, 4) is 11.2 Å². The van der Waals surface area contributed by atoms with Crippen LogP contribution in [-0.2, 0) is 15.6 Å². The van der Waals surface area contributed by atoms with Crippen LogP contribution in [0.5, 0.6) is 0 Å². The lowest BCUT2D eigenvalue weighted by atomic mass is 10.1. The first kappa shape index (κ1) is 16.5. The average molecular weight is 316 g/mol. The molecule has 0 radical (unpaired) electrons. The molecule has 1 aromatic carbocycles. The molecule has 1 aromatic heterocycles. The minimum Gasteiger partial charge on any atom is -0.443 e. The van der Waals surface area contributed by atoms with Crippen LogP contribution >= 0.6 is 0 Å². The van der Waals surface area contributed by atoms with E-state index in [1.165, 1.54) is 0 Å². The van der Waals surface area contributed by atoms with Gasteiger partial charge in [0.15, 0.2) is 5.25 Å². The van der Waals surface area contributed by atoms with Gasteiger partial charge in [0, 0.05) is 11.6 Å². The molecule has 0 N–H and O–H groups in total. The first-order chi connectivity index (χ1) is 10.2. The molecule has 0 saturated carbocycles. The van der Waals surface area contributed by atoms with Crippen molar-refractivity contribution in [2.75, 3.05) is 12.5 Å². The molecule has 2 rings (SSSR count). The van der Waals surface area contributed by atoms with Crippen molar-refractivity contribution in [3.63, 3.8) is 0 Å². The third kappa shape index (κ3) is 3.66. The molecule has 0 aliphatic heterocycles. The molecule has 0 amide bonds. The van der Waals surface area contributed by atoms with Gasteiger partial charge in [0.2, 0.25) is 0 Å². The van der Waals surface area contributed by atoms with Crippen LogP contribution in [0.4, 0.5) is 4.79 Å². The Hall–Kier alpha value is -1.86. The van der Waals surface area contributed by atoms with E-state index in [2.05, 4.69) is 23.7 Å². The molecule has 22 heavy (non-hydrogen) atoms. The fourth-order valence-electron chi connectivity index (χ4n) is 2.17. The molecule has 0 unspecified atom stereocenters. The zero-order valence-electron chi connectivity index (χ0n) is 14.0. The Balaban J connectivity index is 2.60. The monoisotopic (exact) mass is 316 g/mol. The number of carbonyl (C=O) groups excluding carboxylic acids is 1. The summed E-state index contributed by atoms with van der Waals surface area (Å²) in [6, 6.07) is 5.97. The third-order valence-electron chi connectivity index (χ3n) is 3.01. The van der Waals surface area contributed by atoms with E-state index in [0.29, 0.717) is 0 Å². The van der Waals surface area contributed by atoms with Gasteiger partial charge < -0.3 is 4.74 Å². The highest BCUT2D eigenvalue weighted by Crippen LogP contribution is 2.25. The van der Waals surface area contributed by atoms with Gasteiger partial charge in [-0.2, -0.15) is 0 Å². The summed E-state index contributed by atoms with van der Waals surface area (Å²) >= 11 is 0. The van der Waals surface area contributed by atoms with E-state index in [4.69, 9.17) is 4.74 Å². The van der Waals surface area contributed by atoms with Gasteiger partial charge >= 0.3 is 6.09 Å². The number of benzene rings is 1. The molecule has 1 heterocycles. The molecule has 0 aliphatic carbocycles. The number of rotatable bonds is 0. The van der Waals surface area contributed by atoms with E-state index < -0.39 is 5.60 Å². The Morgan fingerprint density at radius 2 is 1.95 bits per heavy atom. The number of ether oxygens (including phenoxy) is 1. The summed E-state index contributed by atoms with van der Waals surface area (Å²) in [5.74, 6) is 3.19. The van der Waals surface area contributed by atoms with E-state index in [0.717, 1.165) is 22.0 Å². The van der Waals surface area contributed by atoms with Crippen LogP contribution in [0.2, 0.25) is 0 Å². The highest BCUT2D eigenvalue weighted by molar-refractivity contribution is 8.00. The average Bonchev–Trinajstić information content (AvgIpc) is 2.75. The van der Waals surface area contributed by atoms with E-state index in [1.54, 1.807) is 10.8 Å². The molecule has 4 heteroatoms.